The van der Waals surface area contributed by atoms with E-state index in [0.29, 0.717) is 0 Å². The van der Waals surface area contributed by atoms with Crippen molar-refractivity contribution in [1.29, 1.82) is 5.26 Å². The smallest absolute Gasteiger partial charge is 0.159 e. The van der Waals surface area contributed by atoms with Crippen LogP contribution >= 0.6 is 11.6 Å². The highest BCUT2D eigenvalue weighted by Crippen LogP contribution is 2.32. The molecular weight excluding hydrogens is 241 g/mol. The van der Waals surface area contributed by atoms with E-state index in [9.17, 15) is 9.18 Å². The molecule has 0 aliphatic heterocycles. The van der Waals surface area contributed by atoms with Crippen molar-refractivity contribution in [2.24, 2.45) is 5.41 Å². The van der Waals surface area contributed by atoms with Gasteiger partial charge in [0.25, 0.3) is 0 Å². The maximum atomic E-state index is 13.6. The number of benzene rings is 1. The van der Waals surface area contributed by atoms with Gasteiger partial charge in [-0.1, -0.05) is 38.4 Å². The molecule has 90 valence electrons. The largest absolute Gasteiger partial charge is 0.297 e. The molecule has 0 heterocycles. The third-order valence-corrected chi connectivity index (χ3v) is 2.75. The highest BCUT2D eigenvalue weighted by molar-refractivity contribution is 6.31. The molecule has 0 spiro atoms. The summed E-state index contributed by atoms with van der Waals surface area (Å²) in [5.41, 5.74) is -0.747. The Kier molecular flexibility index (Phi) is 3.90. The second-order valence-electron chi connectivity index (χ2n) is 4.81. The zero-order valence-electron chi connectivity index (χ0n) is 9.92. The first-order chi connectivity index (χ1) is 7.79. The average Bonchev–Trinajstić information content (AvgIpc) is 2.21. The van der Waals surface area contributed by atoms with Crippen LogP contribution in [0.3, 0.4) is 0 Å². The highest BCUT2D eigenvalue weighted by Gasteiger charge is 2.33. The van der Waals surface area contributed by atoms with E-state index in [0.717, 1.165) is 0 Å². The van der Waals surface area contributed by atoms with Crippen LogP contribution in [0, 0.1) is 22.6 Å². The molecule has 2 nitrogen and oxygen atoms in total. The fourth-order valence-corrected chi connectivity index (χ4v) is 1.75. The first-order valence-corrected chi connectivity index (χ1v) is 5.54. The number of rotatable bonds is 2. The van der Waals surface area contributed by atoms with Gasteiger partial charge in [0.15, 0.2) is 5.78 Å². The Bertz CT molecular complexity index is 465. The van der Waals surface area contributed by atoms with Crippen LogP contribution in [0.5, 0.6) is 0 Å². The first kappa shape index (κ1) is 13.7. The molecule has 0 N–H and O–H groups in total. The summed E-state index contributed by atoms with van der Waals surface area (Å²) in [6.07, 6.45) is 0. The molecule has 0 radical (unpaired) electrons. The SMILES string of the molecule is CC(C)(C)C(=O)C(C#N)c1c(F)cccc1Cl. The molecule has 0 amide bonds. The molecule has 1 aromatic carbocycles. The van der Waals surface area contributed by atoms with Crippen molar-refractivity contribution in [1.82, 2.24) is 0 Å². The van der Waals surface area contributed by atoms with E-state index in [4.69, 9.17) is 16.9 Å². The maximum absolute atomic E-state index is 13.6. The number of nitrogens with zero attached hydrogens (tertiary/aromatic N) is 1. The number of carbonyl (C=O) groups is 1. The molecule has 4 heteroatoms. The van der Waals surface area contributed by atoms with Crippen molar-refractivity contribution in [3.63, 3.8) is 0 Å². The van der Waals surface area contributed by atoms with Crippen LogP contribution in [0.15, 0.2) is 18.2 Å². The van der Waals surface area contributed by atoms with Gasteiger partial charge in [0.2, 0.25) is 0 Å². The van der Waals surface area contributed by atoms with Gasteiger partial charge in [-0.3, -0.25) is 4.79 Å². The monoisotopic (exact) mass is 253 g/mol. The van der Waals surface area contributed by atoms with Gasteiger partial charge >= 0.3 is 0 Å². The molecule has 1 rings (SSSR count). The summed E-state index contributed by atoms with van der Waals surface area (Å²) in [7, 11) is 0. The number of halogens is 2. The van der Waals surface area contributed by atoms with Crippen molar-refractivity contribution in [3.8, 4) is 6.07 Å². The topological polar surface area (TPSA) is 40.9 Å². The zero-order valence-corrected chi connectivity index (χ0v) is 10.7. The van der Waals surface area contributed by atoms with Gasteiger partial charge in [0.1, 0.15) is 11.7 Å². The second-order valence-corrected chi connectivity index (χ2v) is 5.22. The lowest BCUT2D eigenvalue weighted by atomic mass is 9.80. The average molecular weight is 254 g/mol. The lowest BCUT2D eigenvalue weighted by Gasteiger charge is -2.21. The Morgan fingerprint density at radius 3 is 2.47 bits per heavy atom. The van der Waals surface area contributed by atoms with Crippen LogP contribution in [0.1, 0.15) is 32.3 Å². The fourth-order valence-electron chi connectivity index (χ4n) is 1.47. The van der Waals surface area contributed by atoms with Gasteiger partial charge in [-0.25, -0.2) is 4.39 Å². The van der Waals surface area contributed by atoms with Gasteiger partial charge in [-0.15, -0.1) is 0 Å². The predicted octanol–water partition coefficient (Wildman–Crippen LogP) is 3.70. The Labute approximate surface area is 105 Å². The summed E-state index contributed by atoms with van der Waals surface area (Å²) in [6, 6.07) is 5.94. The Hall–Kier alpha value is -1.40. The lowest BCUT2D eigenvalue weighted by molar-refractivity contribution is -0.126. The molecule has 0 aliphatic carbocycles. The maximum Gasteiger partial charge on any atom is 0.159 e. The van der Waals surface area contributed by atoms with E-state index >= 15 is 0 Å². The lowest BCUT2D eigenvalue weighted by Crippen LogP contribution is -2.27. The Morgan fingerprint density at radius 2 is 2.06 bits per heavy atom. The van der Waals surface area contributed by atoms with Crippen LogP contribution in [0.2, 0.25) is 5.02 Å². The third-order valence-electron chi connectivity index (χ3n) is 2.42. The Balaban J connectivity index is 3.30. The number of ketones is 1. The van der Waals surface area contributed by atoms with E-state index in [-0.39, 0.29) is 16.4 Å². The van der Waals surface area contributed by atoms with Crippen molar-refractivity contribution < 1.29 is 9.18 Å². The molecule has 0 bridgehead atoms. The van der Waals surface area contributed by atoms with E-state index in [1.807, 2.05) is 6.07 Å². The fraction of sp³-hybridized carbons (Fsp3) is 0.385. The third kappa shape index (κ3) is 2.83. The zero-order chi connectivity index (χ0) is 13.2. The standard InChI is InChI=1S/C13H13ClFNO/c1-13(2,3)12(17)8(7-16)11-9(14)5-4-6-10(11)15/h4-6,8H,1-3H3. The van der Waals surface area contributed by atoms with Crippen LogP contribution in [0.4, 0.5) is 4.39 Å². The van der Waals surface area contributed by atoms with Crippen molar-refractivity contribution in [3.05, 3.63) is 34.6 Å². The molecule has 1 aromatic rings. The summed E-state index contributed by atoms with van der Waals surface area (Å²) >= 11 is 5.85. The summed E-state index contributed by atoms with van der Waals surface area (Å²) in [5, 5.41) is 9.17. The number of nitriles is 1. The van der Waals surface area contributed by atoms with Crippen LogP contribution in [-0.4, -0.2) is 5.78 Å². The van der Waals surface area contributed by atoms with Gasteiger partial charge in [-0.05, 0) is 12.1 Å². The van der Waals surface area contributed by atoms with E-state index in [1.165, 1.54) is 18.2 Å². The molecule has 17 heavy (non-hydrogen) atoms. The molecule has 0 saturated heterocycles. The molecular formula is C13H13ClFNO. The minimum Gasteiger partial charge on any atom is -0.297 e. The predicted molar refractivity (Wildman–Crippen MR) is 64.2 cm³/mol. The summed E-state index contributed by atoms with van der Waals surface area (Å²) in [5.74, 6) is -2.13. The van der Waals surface area contributed by atoms with Crippen LogP contribution in [-0.2, 0) is 4.79 Å². The highest BCUT2D eigenvalue weighted by atomic mass is 35.5. The Morgan fingerprint density at radius 1 is 1.47 bits per heavy atom. The second kappa shape index (κ2) is 4.85. The van der Waals surface area contributed by atoms with Crippen LogP contribution < -0.4 is 0 Å². The van der Waals surface area contributed by atoms with E-state index < -0.39 is 17.2 Å². The molecule has 1 unspecified atom stereocenters. The van der Waals surface area contributed by atoms with E-state index in [2.05, 4.69) is 0 Å². The van der Waals surface area contributed by atoms with Crippen LogP contribution in [0.25, 0.3) is 0 Å². The molecule has 0 aromatic heterocycles. The minimum atomic E-state index is -1.16. The quantitative estimate of drug-likeness (QED) is 0.806. The number of carbonyl (C=O) groups excluding carboxylic acids is 1. The molecule has 0 fully saturated rings. The van der Waals surface area contributed by atoms with Gasteiger partial charge in [-0.2, -0.15) is 5.26 Å². The summed E-state index contributed by atoms with van der Waals surface area (Å²) in [6.45, 7) is 5.07. The van der Waals surface area contributed by atoms with Gasteiger partial charge in [0.05, 0.1) is 6.07 Å². The van der Waals surface area contributed by atoms with Crippen molar-refractivity contribution in [2.75, 3.05) is 0 Å². The number of Topliss-reactive ketones (excluding diaryl/α,β-unsaturated/α-hetero) is 1. The van der Waals surface area contributed by atoms with Crippen molar-refractivity contribution >= 4 is 17.4 Å². The van der Waals surface area contributed by atoms with Gasteiger partial charge in [0, 0.05) is 16.0 Å². The number of hydrogen-bond acceptors (Lipinski definition) is 2. The van der Waals surface area contributed by atoms with Crippen molar-refractivity contribution in [2.45, 2.75) is 26.7 Å². The molecule has 0 aliphatic rings. The minimum absolute atomic E-state index is 0.0309. The molecule has 0 saturated carbocycles. The van der Waals surface area contributed by atoms with E-state index in [1.54, 1.807) is 20.8 Å². The summed E-state index contributed by atoms with van der Waals surface area (Å²) < 4.78 is 13.6. The van der Waals surface area contributed by atoms with Gasteiger partial charge < -0.3 is 0 Å². The molecule has 1 atom stereocenters. The first-order valence-electron chi connectivity index (χ1n) is 5.17. The normalized spacial score (nSPS) is 12.9. The number of hydrogen-bond donors (Lipinski definition) is 0. The summed E-state index contributed by atoms with van der Waals surface area (Å²) in [4.78, 5) is 12.1.